The van der Waals surface area contributed by atoms with Gasteiger partial charge in [-0.1, -0.05) is 67.2 Å². The average Bonchev–Trinajstić information content (AvgIpc) is 3.14. The fourth-order valence-corrected chi connectivity index (χ4v) is 3.28. The first-order valence-electron chi connectivity index (χ1n) is 8.44. The fraction of sp³-hybridized carbons (Fsp3) is 0.263. The van der Waals surface area contributed by atoms with Crippen LogP contribution in [-0.4, -0.2) is 38.4 Å². The van der Waals surface area contributed by atoms with Gasteiger partial charge < -0.3 is 5.32 Å². The van der Waals surface area contributed by atoms with E-state index < -0.39 is 0 Å². The minimum absolute atomic E-state index is 0.0304. The van der Waals surface area contributed by atoms with E-state index in [-0.39, 0.29) is 17.6 Å². The van der Waals surface area contributed by atoms with Crippen LogP contribution in [0.2, 0.25) is 0 Å². The highest BCUT2D eigenvalue weighted by Crippen LogP contribution is 2.20. The summed E-state index contributed by atoms with van der Waals surface area (Å²) in [7, 11) is 0. The fourth-order valence-electron chi connectivity index (χ4n) is 2.57. The molecule has 3 rings (SSSR count). The lowest BCUT2D eigenvalue weighted by molar-refractivity contribution is -0.118. The van der Waals surface area contributed by atoms with Crippen molar-refractivity contribution in [3.63, 3.8) is 0 Å². The molecule has 0 aliphatic carbocycles. The molecular weight excluding hydrogens is 346 g/mol. The molecule has 0 saturated heterocycles. The van der Waals surface area contributed by atoms with Gasteiger partial charge in [-0.05, 0) is 40.5 Å². The lowest BCUT2D eigenvalue weighted by Gasteiger charge is -2.13. The number of aromatic nitrogens is 4. The summed E-state index contributed by atoms with van der Waals surface area (Å²) in [6.07, 6.45) is 0. The topological polar surface area (TPSA) is 72.7 Å². The Bertz CT molecular complexity index is 865. The van der Waals surface area contributed by atoms with Crippen molar-refractivity contribution in [2.24, 2.45) is 0 Å². The summed E-state index contributed by atoms with van der Waals surface area (Å²) in [5.74, 6) is 0.507. The molecule has 0 bridgehead atoms. The Morgan fingerprint density at radius 2 is 1.88 bits per heavy atom. The highest BCUT2D eigenvalue weighted by molar-refractivity contribution is 7.99. The molecule has 1 aromatic heterocycles. The van der Waals surface area contributed by atoms with Gasteiger partial charge in [0.25, 0.3) is 0 Å². The Labute approximate surface area is 157 Å². The van der Waals surface area contributed by atoms with E-state index in [2.05, 4.69) is 39.9 Å². The summed E-state index contributed by atoms with van der Waals surface area (Å²) in [4.78, 5) is 12.2. The number of thioether (sulfide) groups is 1. The van der Waals surface area contributed by atoms with Crippen molar-refractivity contribution >= 4 is 17.7 Å². The standard InChI is InChI=1S/C19H21N5OS/c1-14-8-6-7-11-17(14)24-19(21-22-23-24)26-13-18(25)20-12-15(2)16-9-4-3-5-10-16/h3-11,15H,12-13H2,1-2H3,(H,20,25). The molecule has 26 heavy (non-hydrogen) atoms. The molecule has 0 radical (unpaired) electrons. The third kappa shape index (κ3) is 4.49. The highest BCUT2D eigenvalue weighted by atomic mass is 32.2. The lowest BCUT2D eigenvalue weighted by Crippen LogP contribution is -2.29. The maximum absolute atomic E-state index is 12.2. The van der Waals surface area contributed by atoms with Gasteiger partial charge in [-0.2, -0.15) is 4.68 Å². The molecule has 1 heterocycles. The number of hydrogen-bond donors (Lipinski definition) is 1. The van der Waals surface area contributed by atoms with Gasteiger partial charge in [0.05, 0.1) is 11.4 Å². The van der Waals surface area contributed by atoms with Crippen LogP contribution in [0.5, 0.6) is 0 Å². The van der Waals surface area contributed by atoms with Crippen molar-refractivity contribution in [3.8, 4) is 5.69 Å². The zero-order chi connectivity index (χ0) is 18.4. The predicted octanol–water partition coefficient (Wildman–Crippen LogP) is 2.98. The van der Waals surface area contributed by atoms with Crippen LogP contribution >= 0.6 is 11.8 Å². The van der Waals surface area contributed by atoms with Gasteiger partial charge in [-0.15, -0.1) is 5.10 Å². The van der Waals surface area contributed by atoms with Gasteiger partial charge in [0.15, 0.2) is 0 Å². The van der Waals surface area contributed by atoms with Gasteiger partial charge in [-0.25, -0.2) is 0 Å². The van der Waals surface area contributed by atoms with Gasteiger partial charge in [-0.3, -0.25) is 4.79 Å². The quantitative estimate of drug-likeness (QED) is 0.650. The zero-order valence-corrected chi connectivity index (χ0v) is 15.6. The first-order chi connectivity index (χ1) is 12.6. The van der Waals surface area contributed by atoms with Crippen molar-refractivity contribution in [1.29, 1.82) is 0 Å². The summed E-state index contributed by atoms with van der Waals surface area (Å²) >= 11 is 1.33. The third-order valence-electron chi connectivity index (χ3n) is 4.09. The number of hydrogen-bond acceptors (Lipinski definition) is 5. The van der Waals surface area contributed by atoms with Crippen molar-refractivity contribution in [2.45, 2.75) is 24.9 Å². The molecular formula is C19H21N5OS. The zero-order valence-electron chi connectivity index (χ0n) is 14.8. The van der Waals surface area contributed by atoms with E-state index in [0.717, 1.165) is 11.3 Å². The Morgan fingerprint density at radius 3 is 2.65 bits per heavy atom. The molecule has 134 valence electrons. The van der Waals surface area contributed by atoms with Crippen LogP contribution in [0.3, 0.4) is 0 Å². The summed E-state index contributed by atoms with van der Waals surface area (Å²) in [6.45, 7) is 4.71. The van der Waals surface area contributed by atoms with Crippen LogP contribution in [-0.2, 0) is 4.79 Å². The van der Waals surface area contributed by atoms with E-state index in [0.29, 0.717) is 11.7 Å². The number of carbonyl (C=O) groups excluding carboxylic acids is 1. The van der Waals surface area contributed by atoms with Crippen LogP contribution in [0.25, 0.3) is 5.69 Å². The number of rotatable bonds is 7. The van der Waals surface area contributed by atoms with Crippen molar-refractivity contribution < 1.29 is 4.79 Å². The summed E-state index contributed by atoms with van der Waals surface area (Å²) in [5, 5.41) is 15.4. The smallest absolute Gasteiger partial charge is 0.230 e. The molecule has 1 unspecified atom stereocenters. The van der Waals surface area contributed by atoms with Crippen molar-refractivity contribution in [1.82, 2.24) is 25.5 Å². The first kappa shape index (κ1) is 18.1. The van der Waals surface area contributed by atoms with E-state index in [9.17, 15) is 4.79 Å². The van der Waals surface area contributed by atoms with Gasteiger partial charge in [0.2, 0.25) is 11.1 Å². The minimum atomic E-state index is -0.0304. The van der Waals surface area contributed by atoms with Crippen LogP contribution in [0.1, 0.15) is 24.0 Å². The molecule has 0 saturated carbocycles. The Balaban J connectivity index is 1.54. The molecule has 0 fully saturated rings. The van der Waals surface area contributed by atoms with Gasteiger partial charge in [0, 0.05) is 6.54 Å². The van der Waals surface area contributed by atoms with Gasteiger partial charge >= 0.3 is 0 Å². The Kier molecular flexibility index (Phi) is 6.01. The van der Waals surface area contributed by atoms with Gasteiger partial charge in [0.1, 0.15) is 0 Å². The molecule has 3 aromatic rings. The van der Waals surface area contributed by atoms with Crippen molar-refractivity contribution in [2.75, 3.05) is 12.3 Å². The third-order valence-corrected chi connectivity index (χ3v) is 5.01. The summed E-state index contributed by atoms with van der Waals surface area (Å²) in [6, 6.07) is 18.0. The number of nitrogens with one attached hydrogen (secondary N) is 1. The van der Waals surface area contributed by atoms with E-state index in [4.69, 9.17) is 0 Å². The molecule has 6 nitrogen and oxygen atoms in total. The molecule has 1 N–H and O–H groups in total. The number of carbonyl (C=O) groups is 1. The van der Waals surface area contributed by atoms with Crippen LogP contribution in [0, 0.1) is 6.92 Å². The molecule has 0 spiro atoms. The van der Waals surface area contributed by atoms with E-state index >= 15 is 0 Å². The average molecular weight is 367 g/mol. The van der Waals surface area contributed by atoms with E-state index in [1.54, 1.807) is 4.68 Å². The monoisotopic (exact) mass is 367 g/mol. The molecule has 2 aromatic carbocycles. The lowest BCUT2D eigenvalue weighted by atomic mass is 10.0. The second-order valence-electron chi connectivity index (χ2n) is 6.06. The number of benzene rings is 2. The largest absolute Gasteiger partial charge is 0.355 e. The predicted molar refractivity (Wildman–Crippen MR) is 102 cm³/mol. The van der Waals surface area contributed by atoms with Crippen LogP contribution < -0.4 is 5.32 Å². The Morgan fingerprint density at radius 1 is 1.15 bits per heavy atom. The Hall–Kier alpha value is -2.67. The number of para-hydroxylation sites is 1. The minimum Gasteiger partial charge on any atom is -0.355 e. The number of nitrogens with zero attached hydrogens (tertiary/aromatic N) is 4. The normalized spacial score (nSPS) is 11.9. The summed E-state index contributed by atoms with van der Waals surface area (Å²) < 4.78 is 1.67. The number of amides is 1. The SMILES string of the molecule is Cc1ccccc1-n1nnnc1SCC(=O)NCC(C)c1ccccc1. The summed E-state index contributed by atoms with van der Waals surface area (Å²) in [5.41, 5.74) is 3.20. The highest BCUT2D eigenvalue weighted by Gasteiger charge is 2.13. The van der Waals surface area contributed by atoms with Crippen LogP contribution in [0.15, 0.2) is 59.8 Å². The van der Waals surface area contributed by atoms with E-state index in [1.807, 2.05) is 49.4 Å². The first-order valence-corrected chi connectivity index (χ1v) is 9.42. The molecule has 0 aliphatic heterocycles. The number of aryl methyl sites for hydroxylation is 1. The molecule has 1 amide bonds. The maximum atomic E-state index is 12.2. The van der Waals surface area contributed by atoms with E-state index in [1.165, 1.54) is 17.3 Å². The maximum Gasteiger partial charge on any atom is 0.230 e. The second-order valence-corrected chi connectivity index (χ2v) is 7.01. The van der Waals surface area contributed by atoms with Crippen molar-refractivity contribution in [3.05, 3.63) is 65.7 Å². The number of tetrazole rings is 1. The molecule has 1 atom stereocenters. The second kappa shape index (κ2) is 8.62. The van der Waals surface area contributed by atoms with Crippen LogP contribution in [0.4, 0.5) is 0 Å². The molecule has 7 heteroatoms. The molecule has 0 aliphatic rings.